The molecule has 1 fully saturated rings. The van der Waals surface area contributed by atoms with Crippen LogP contribution in [-0.2, 0) is 0 Å². The summed E-state index contributed by atoms with van der Waals surface area (Å²) in [5.41, 5.74) is 3.68. The largest absolute Gasteiger partial charge is 0.359 e. The molecule has 0 unspecified atom stereocenters. The van der Waals surface area contributed by atoms with Gasteiger partial charge in [-0.3, -0.25) is 0 Å². The lowest BCUT2D eigenvalue weighted by atomic mass is 10.0. The van der Waals surface area contributed by atoms with E-state index in [-0.39, 0.29) is 0 Å². The van der Waals surface area contributed by atoms with Crippen LogP contribution < -0.4 is 5.32 Å². The van der Waals surface area contributed by atoms with Gasteiger partial charge in [0.1, 0.15) is 0 Å². The number of hydrogen-bond donors (Lipinski definition) is 1. The van der Waals surface area contributed by atoms with Crippen LogP contribution in [0.5, 0.6) is 0 Å². The SMILES string of the molecule is CC(C)c1ccc(-c2csc(NC3CCCC3)n2)cc1. The van der Waals surface area contributed by atoms with Crippen molar-refractivity contribution in [3.05, 3.63) is 35.2 Å². The molecular weight excluding hydrogens is 264 g/mol. The van der Waals surface area contributed by atoms with Crippen LogP contribution in [-0.4, -0.2) is 11.0 Å². The van der Waals surface area contributed by atoms with Gasteiger partial charge < -0.3 is 5.32 Å². The normalized spacial score (nSPS) is 15.9. The second-order valence-electron chi connectivity index (χ2n) is 5.94. The third-order valence-corrected chi connectivity index (χ3v) is 4.83. The molecule has 0 bridgehead atoms. The van der Waals surface area contributed by atoms with Crippen LogP contribution in [0.15, 0.2) is 29.6 Å². The van der Waals surface area contributed by atoms with Crippen molar-refractivity contribution in [3.63, 3.8) is 0 Å². The van der Waals surface area contributed by atoms with Gasteiger partial charge in [-0.15, -0.1) is 11.3 Å². The minimum absolute atomic E-state index is 0.582. The molecule has 106 valence electrons. The molecule has 1 aliphatic rings. The molecule has 1 aliphatic carbocycles. The predicted octanol–water partition coefficient (Wildman–Crippen LogP) is 5.29. The highest BCUT2D eigenvalue weighted by Gasteiger charge is 2.16. The van der Waals surface area contributed by atoms with Gasteiger partial charge in [-0.2, -0.15) is 0 Å². The van der Waals surface area contributed by atoms with E-state index in [4.69, 9.17) is 4.98 Å². The van der Waals surface area contributed by atoms with Gasteiger partial charge in [-0.25, -0.2) is 4.98 Å². The van der Waals surface area contributed by atoms with Crippen LogP contribution in [0.4, 0.5) is 5.13 Å². The number of nitrogens with zero attached hydrogens (tertiary/aromatic N) is 1. The lowest BCUT2D eigenvalue weighted by Gasteiger charge is -2.09. The lowest BCUT2D eigenvalue weighted by Crippen LogP contribution is -2.13. The summed E-state index contributed by atoms with van der Waals surface area (Å²) in [6, 6.07) is 9.43. The summed E-state index contributed by atoms with van der Waals surface area (Å²) in [5.74, 6) is 0.582. The molecule has 1 heterocycles. The average molecular weight is 286 g/mol. The minimum Gasteiger partial charge on any atom is -0.359 e. The summed E-state index contributed by atoms with van der Waals surface area (Å²) in [6.07, 6.45) is 5.29. The highest BCUT2D eigenvalue weighted by Crippen LogP contribution is 2.29. The zero-order valence-electron chi connectivity index (χ0n) is 12.2. The topological polar surface area (TPSA) is 24.9 Å². The molecule has 1 N–H and O–H groups in total. The van der Waals surface area contributed by atoms with Gasteiger partial charge in [-0.05, 0) is 24.3 Å². The Hall–Kier alpha value is -1.35. The number of anilines is 1. The van der Waals surface area contributed by atoms with E-state index in [1.54, 1.807) is 11.3 Å². The quantitative estimate of drug-likeness (QED) is 0.826. The monoisotopic (exact) mass is 286 g/mol. The van der Waals surface area contributed by atoms with Crippen molar-refractivity contribution in [1.29, 1.82) is 0 Å². The number of rotatable bonds is 4. The Morgan fingerprint density at radius 3 is 2.50 bits per heavy atom. The molecule has 20 heavy (non-hydrogen) atoms. The highest BCUT2D eigenvalue weighted by atomic mass is 32.1. The van der Waals surface area contributed by atoms with Gasteiger partial charge in [0.05, 0.1) is 5.69 Å². The predicted molar refractivity (Wildman–Crippen MR) is 87.5 cm³/mol. The number of aromatic nitrogens is 1. The summed E-state index contributed by atoms with van der Waals surface area (Å²) in [6.45, 7) is 4.45. The molecule has 0 amide bonds. The van der Waals surface area contributed by atoms with Crippen LogP contribution in [0, 0.1) is 0 Å². The second-order valence-corrected chi connectivity index (χ2v) is 6.80. The third-order valence-electron chi connectivity index (χ3n) is 4.06. The number of nitrogens with one attached hydrogen (secondary N) is 1. The van der Waals surface area contributed by atoms with E-state index >= 15 is 0 Å². The second kappa shape index (κ2) is 5.96. The van der Waals surface area contributed by atoms with Crippen LogP contribution in [0.25, 0.3) is 11.3 Å². The van der Waals surface area contributed by atoms with Crippen molar-refractivity contribution in [2.75, 3.05) is 5.32 Å². The van der Waals surface area contributed by atoms with Gasteiger partial charge in [0.15, 0.2) is 5.13 Å². The van der Waals surface area contributed by atoms with E-state index in [0.717, 1.165) is 10.8 Å². The first-order valence-corrected chi connectivity index (χ1v) is 8.43. The molecule has 1 aromatic heterocycles. The van der Waals surface area contributed by atoms with Gasteiger partial charge in [0.25, 0.3) is 0 Å². The molecule has 0 atom stereocenters. The maximum Gasteiger partial charge on any atom is 0.183 e. The molecule has 1 aromatic carbocycles. The fraction of sp³-hybridized carbons (Fsp3) is 0.471. The van der Waals surface area contributed by atoms with E-state index in [1.165, 1.54) is 36.8 Å². The van der Waals surface area contributed by atoms with E-state index in [2.05, 4.69) is 48.8 Å². The van der Waals surface area contributed by atoms with Crippen LogP contribution in [0.1, 0.15) is 51.0 Å². The van der Waals surface area contributed by atoms with Crippen molar-refractivity contribution in [1.82, 2.24) is 4.98 Å². The maximum atomic E-state index is 4.73. The molecule has 3 rings (SSSR count). The molecule has 3 heteroatoms. The number of hydrogen-bond acceptors (Lipinski definition) is 3. The first-order valence-electron chi connectivity index (χ1n) is 7.55. The summed E-state index contributed by atoms with van der Waals surface area (Å²) < 4.78 is 0. The van der Waals surface area contributed by atoms with E-state index in [9.17, 15) is 0 Å². The van der Waals surface area contributed by atoms with E-state index < -0.39 is 0 Å². The Morgan fingerprint density at radius 2 is 1.85 bits per heavy atom. The smallest absolute Gasteiger partial charge is 0.183 e. The summed E-state index contributed by atoms with van der Waals surface area (Å²) in [4.78, 5) is 4.73. The van der Waals surface area contributed by atoms with Crippen molar-refractivity contribution in [2.45, 2.75) is 51.5 Å². The first kappa shape index (κ1) is 13.6. The summed E-state index contributed by atoms with van der Waals surface area (Å²) >= 11 is 1.72. The van der Waals surface area contributed by atoms with Gasteiger partial charge in [0.2, 0.25) is 0 Å². The van der Waals surface area contributed by atoms with E-state index in [1.807, 2.05) is 0 Å². The Morgan fingerprint density at radius 1 is 1.15 bits per heavy atom. The number of benzene rings is 1. The van der Waals surface area contributed by atoms with E-state index in [0.29, 0.717) is 12.0 Å². The van der Waals surface area contributed by atoms with Gasteiger partial charge >= 0.3 is 0 Å². The lowest BCUT2D eigenvalue weighted by molar-refractivity contribution is 0.754. The Bertz CT molecular complexity index is 551. The van der Waals surface area contributed by atoms with Crippen molar-refractivity contribution < 1.29 is 0 Å². The molecule has 0 saturated heterocycles. The Labute approximate surface area is 125 Å². The van der Waals surface area contributed by atoms with Crippen molar-refractivity contribution >= 4 is 16.5 Å². The molecule has 2 aromatic rings. The maximum absolute atomic E-state index is 4.73. The van der Waals surface area contributed by atoms with Crippen LogP contribution in [0.3, 0.4) is 0 Å². The zero-order valence-corrected chi connectivity index (χ0v) is 13.0. The standard InChI is InChI=1S/C17H22N2S/c1-12(2)13-7-9-14(10-8-13)16-11-20-17(19-16)18-15-5-3-4-6-15/h7-12,15H,3-6H2,1-2H3,(H,18,19). The average Bonchev–Trinajstić information content (AvgIpc) is 3.11. The molecule has 1 saturated carbocycles. The Kier molecular flexibility index (Phi) is 4.06. The first-order chi connectivity index (χ1) is 9.72. The highest BCUT2D eigenvalue weighted by molar-refractivity contribution is 7.14. The fourth-order valence-electron chi connectivity index (χ4n) is 2.76. The molecular formula is C17H22N2S. The summed E-state index contributed by atoms with van der Waals surface area (Å²) in [5, 5.41) is 6.79. The number of thiazole rings is 1. The third kappa shape index (κ3) is 3.04. The van der Waals surface area contributed by atoms with Gasteiger partial charge in [0, 0.05) is 17.0 Å². The summed E-state index contributed by atoms with van der Waals surface area (Å²) in [7, 11) is 0. The molecule has 0 radical (unpaired) electrons. The van der Waals surface area contributed by atoms with Crippen LogP contribution >= 0.6 is 11.3 Å². The van der Waals surface area contributed by atoms with Crippen molar-refractivity contribution in [3.8, 4) is 11.3 Å². The molecule has 0 aliphatic heterocycles. The fourth-order valence-corrected chi connectivity index (χ4v) is 3.55. The van der Waals surface area contributed by atoms with Crippen LogP contribution in [0.2, 0.25) is 0 Å². The minimum atomic E-state index is 0.582. The van der Waals surface area contributed by atoms with Gasteiger partial charge in [-0.1, -0.05) is 51.0 Å². The Balaban J connectivity index is 1.72. The zero-order chi connectivity index (χ0) is 13.9. The molecule has 2 nitrogen and oxygen atoms in total. The van der Waals surface area contributed by atoms with Crippen molar-refractivity contribution in [2.24, 2.45) is 0 Å². The molecule has 0 spiro atoms.